The van der Waals surface area contributed by atoms with E-state index in [0.717, 1.165) is 25.7 Å². The first-order chi connectivity index (χ1) is 12.7. The third-order valence-electron chi connectivity index (χ3n) is 4.31. The molecule has 8 nitrogen and oxygen atoms in total. The quantitative estimate of drug-likeness (QED) is 0.903. The van der Waals surface area contributed by atoms with Crippen LogP contribution in [0, 0.1) is 11.3 Å². The van der Waals surface area contributed by atoms with E-state index >= 15 is 0 Å². The SMILES string of the molecule is COCc1nc([C@@H]2CCCCCN2C(=O)Nc2cccc(C#N)c2)no1. The molecular weight excluding hydrogens is 334 g/mol. The molecule has 1 fully saturated rings. The maximum atomic E-state index is 12.9. The van der Waals surface area contributed by atoms with Crippen molar-refractivity contribution >= 4 is 11.7 Å². The number of nitrogens with one attached hydrogen (secondary N) is 1. The molecule has 2 aromatic rings. The first-order valence-electron chi connectivity index (χ1n) is 8.60. The number of amides is 2. The van der Waals surface area contributed by atoms with Crippen molar-refractivity contribution in [3.05, 3.63) is 41.5 Å². The van der Waals surface area contributed by atoms with Gasteiger partial charge in [-0.05, 0) is 31.0 Å². The van der Waals surface area contributed by atoms with Crippen LogP contribution in [0.4, 0.5) is 10.5 Å². The minimum atomic E-state index is -0.244. The molecule has 136 valence electrons. The Bertz CT molecular complexity index is 798. The number of aromatic nitrogens is 2. The number of nitrogens with zero attached hydrogens (tertiary/aromatic N) is 4. The van der Waals surface area contributed by atoms with Crippen LogP contribution in [0.15, 0.2) is 28.8 Å². The van der Waals surface area contributed by atoms with E-state index in [4.69, 9.17) is 14.5 Å². The van der Waals surface area contributed by atoms with Crippen LogP contribution in [-0.4, -0.2) is 34.7 Å². The van der Waals surface area contributed by atoms with Crippen molar-refractivity contribution in [3.63, 3.8) is 0 Å². The lowest BCUT2D eigenvalue weighted by Gasteiger charge is -2.28. The highest BCUT2D eigenvalue weighted by Gasteiger charge is 2.30. The van der Waals surface area contributed by atoms with Crippen molar-refractivity contribution in [1.82, 2.24) is 15.0 Å². The van der Waals surface area contributed by atoms with Crippen molar-refractivity contribution in [3.8, 4) is 6.07 Å². The van der Waals surface area contributed by atoms with Crippen LogP contribution in [0.3, 0.4) is 0 Å². The van der Waals surface area contributed by atoms with Gasteiger partial charge < -0.3 is 19.5 Å². The Balaban J connectivity index is 1.78. The summed E-state index contributed by atoms with van der Waals surface area (Å²) >= 11 is 0. The molecular formula is C18H21N5O3. The molecule has 2 heterocycles. The Kier molecular flexibility index (Phi) is 5.81. The summed E-state index contributed by atoms with van der Waals surface area (Å²) in [6.07, 6.45) is 3.74. The zero-order chi connectivity index (χ0) is 18.4. The summed E-state index contributed by atoms with van der Waals surface area (Å²) in [7, 11) is 1.56. The first kappa shape index (κ1) is 17.9. The van der Waals surface area contributed by atoms with Gasteiger partial charge in [-0.3, -0.25) is 0 Å². The summed E-state index contributed by atoms with van der Waals surface area (Å²) in [5.41, 5.74) is 1.09. The number of likely N-dealkylation sites (tertiary alicyclic amines) is 1. The summed E-state index contributed by atoms with van der Waals surface area (Å²) < 4.78 is 10.2. The average molecular weight is 355 g/mol. The lowest BCUT2D eigenvalue weighted by atomic mass is 10.1. The number of carbonyl (C=O) groups excluding carboxylic acids is 1. The van der Waals surface area contributed by atoms with E-state index in [1.807, 2.05) is 0 Å². The number of anilines is 1. The van der Waals surface area contributed by atoms with Crippen molar-refractivity contribution < 1.29 is 14.1 Å². The maximum Gasteiger partial charge on any atom is 0.322 e. The number of hydrogen-bond donors (Lipinski definition) is 1. The molecule has 0 saturated carbocycles. The summed E-state index contributed by atoms with van der Waals surface area (Å²) in [5.74, 6) is 0.897. The molecule has 0 bridgehead atoms. The van der Waals surface area contributed by atoms with Gasteiger partial charge in [0.2, 0.25) is 0 Å². The molecule has 1 aromatic carbocycles. The second kappa shape index (κ2) is 8.45. The highest BCUT2D eigenvalue weighted by Crippen LogP contribution is 2.29. The van der Waals surface area contributed by atoms with Gasteiger partial charge in [0.25, 0.3) is 5.89 Å². The number of carbonyl (C=O) groups is 1. The molecule has 0 unspecified atom stereocenters. The predicted octanol–water partition coefficient (Wildman–Crippen LogP) is 3.24. The van der Waals surface area contributed by atoms with Gasteiger partial charge in [-0.2, -0.15) is 10.2 Å². The fourth-order valence-electron chi connectivity index (χ4n) is 3.07. The molecule has 0 radical (unpaired) electrons. The highest BCUT2D eigenvalue weighted by atomic mass is 16.5. The van der Waals surface area contributed by atoms with E-state index in [-0.39, 0.29) is 18.7 Å². The number of methoxy groups -OCH3 is 1. The van der Waals surface area contributed by atoms with Crippen LogP contribution >= 0.6 is 0 Å². The summed E-state index contributed by atoms with van der Waals surface area (Å²) in [6.45, 7) is 0.857. The largest absolute Gasteiger partial charge is 0.375 e. The minimum Gasteiger partial charge on any atom is -0.375 e. The fourth-order valence-corrected chi connectivity index (χ4v) is 3.07. The Hall–Kier alpha value is -2.92. The zero-order valence-electron chi connectivity index (χ0n) is 14.6. The molecule has 1 N–H and O–H groups in total. The van der Waals surface area contributed by atoms with Gasteiger partial charge >= 0.3 is 6.03 Å². The molecule has 3 rings (SSSR count). The maximum absolute atomic E-state index is 12.9. The van der Waals surface area contributed by atoms with Crippen LogP contribution in [-0.2, 0) is 11.3 Å². The van der Waals surface area contributed by atoms with Gasteiger partial charge in [-0.15, -0.1) is 0 Å². The molecule has 1 saturated heterocycles. The molecule has 0 aliphatic carbocycles. The average Bonchev–Trinajstić information content (AvgIpc) is 2.97. The predicted molar refractivity (Wildman–Crippen MR) is 93.1 cm³/mol. The first-order valence-corrected chi connectivity index (χ1v) is 8.60. The van der Waals surface area contributed by atoms with Crippen molar-refractivity contribution in [1.29, 1.82) is 5.26 Å². The lowest BCUT2D eigenvalue weighted by molar-refractivity contribution is 0.151. The highest BCUT2D eigenvalue weighted by molar-refractivity contribution is 5.89. The molecule has 1 aliphatic rings. The Labute approximate surface area is 151 Å². The van der Waals surface area contributed by atoms with E-state index in [1.54, 1.807) is 36.3 Å². The van der Waals surface area contributed by atoms with Crippen LogP contribution in [0.2, 0.25) is 0 Å². The number of hydrogen-bond acceptors (Lipinski definition) is 6. The zero-order valence-corrected chi connectivity index (χ0v) is 14.6. The third-order valence-corrected chi connectivity index (χ3v) is 4.31. The molecule has 26 heavy (non-hydrogen) atoms. The number of nitriles is 1. The molecule has 1 aromatic heterocycles. The number of ether oxygens (including phenoxy) is 1. The molecule has 1 atom stereocenters. The standard InChI is InChI=1S/C18H21N5O3/c1-25-12-16-21-17(22-26-16)15-8-3-2-4-9-23(15)18(24)20-14-7-5-6-13(10-14)11-19/h5-7,10,15H,2-4,8-9,12H2,1H3,(H,20,24)/t15-/m0/s1. The summed E-state index contributed by atoms with van der Waals surface area (Å²) in [6, 6.07) is 8.44. The minimum absolute atomic E-state index is 0.231. The van der Waals surface area contributed by atoms with Crippen LogP contribution in [0.1, 0.15) is 49.0 Å². The van der Waals surface area contributed by atoms with Gasteiger partial charge in [0.15, 0.2) is 5.82 Å². The number of rotatable bonds is 4. The molecule has 8 heteroatoms. The monoisotopic (exact) mass is 355 g/mol. The second-order valence-electron chi connectivity index (χ2n) is 6.16. The topological polar surface area (TPSA) is 104 Å². The van der Waals surface area contributed by atoms with E-state index in [9.17, 15) is 4.79 Å². The molecule has 1 aliphatic heterocycles. The second-order valence-corrected chi connectivity index (χ2v) is 6.16. The van der Waals surface area contributed by atoms with Crippen LogP contribution in [0.5, 0.6) is 0 Å². The van der Waals surface area contributed by atoms with E-state index in [0.29, 0.717) is 29.5 Å². The smallest absolute Gasteiger partial charge is 0.322 e. The van der Waals surface area contributed by atoms with Crippen LogP contribution in [0.25, 0.3) is 0 Å². The molecule has 0 spiro atoms. The van der Waals surface area contributed by atoms with E-state index in [1.165, 1.54) is 0 Å². The van der Waals surface area contributed by atoms with Gasteiger partial charge in [-0.25, -0.2) is 4.79 Å². The Morgan fingerprint density at radius 2 is 2.35 bits per heavy atom. The fraction of sp³-hybridized carbons (Fsp3) is 0.444. The van der Waals surface area contributed by atoms with Gasteiger partial charge in [0.05, 0.1) is 17.7 Å². The Morgan fingerprint density at radius 3 is 3.15 bits per heavy atom. The van der Waals surface area contributed by atoms with E-state index in [2.05, 4.69) is 21.5 Å². The third kappa shape index (κ3) is 4.18. The summed E-state index contributed by atoms with van der Waals surface area (Å²) in [5, 5.41) is 15.9. The normalized spacial score (nSPS) is 17.4. The van der Waals surface area contributed by atoms with Crippen molar-refractivity contribution in [2.24, 2.45) is 0 Å². The Morgan fingerprint density at radius 1 is 1.46 bits per heavy atom. The van der Waals surface area contributed by atoms with Crippen molar-refractivity contribution in [2.45, 2.75) is 38.3 Å². The van der Waals surface area contributed by atoms with Gasteiger partial charge in [-0.1, -0.05) is 24.1 Å². The summed E-state index contributed by atoms with van der Waals surface area (Å²) in [4.78, 5) is 19.0. The van der Waals surface area contributed by atoms with Crippen molar-refractivity contribution in [2.75, 3.05) is 19.0 Å². The van der Waals surface area contributed by atoms with Crippen LogP contribution < -0.4 is 5.32 Å². The van der Waals surface area contributed by atoms with Gasteiger partial charge in [0.1, 0.15) is 6.61 Å². The van der Waals surface area contributed by atoms with E-state index < -0.39 is 0 Å². The number of urea groups is 1. The number of benzene rings is 1. The lowest BCUT2D eigenvalue weighted by Crippen LogP contribution is -2.38. The molecule has 2 amide bonds. The van der Waals surface area contributed by atoms with Gasteiger partial charge in [0, 0.05) is 19.3 Å².